The minimum Gasteiger partial charge on any atom is -0.480 e. The average Bonchev–Trinajstić information content (AvgIpc) is 3.11. The predicted molar refractivity (Wildman–Crippen MR) is 119 cm³/mol. The molecular weight excluding hydrogens is 430 g/mol. The van der Waals surface area contributed by atoms with E-state index < -0.39 is 5.92 Å². The topological polar surface area (TPSA) is 77.3 Å². The van der Waals surface area contributed by atoms with Gasteiger partial charge in [-0.15, -0.1) is 0 Å². The van der Waals surface area contributed by atoms with E-state index in [1.807, 2.05) is 44.6 Å². The smallest absolute Gasteiger partial charge is 0.249 e. The molecule has 8 nitrogen and oxygen atoms in total. The summed E-state index contributed by atoms with van der Waals surface area (Å²) in [5.74, 6) is -0.689. The second kappa shape index (κ2) is 8.26. The SMILES string of the molecule is COc1nc(Nc2ccc3c(n2)OC(C2CC(F)(F)C2)CN(C)C3)ccc1-c1cnn(C)c1. The number of hydrogen-bond acceptors (Lipinski definition) is 7. The zero-order chi connectivity index (χ0) is 23.2. The molecule has 0 radical (unpaired) electrons. The van der Waals surface area contributed by atoms with Crippen molar-refractivity contribution in [1.29, 1.82) is 0 Å². The lowest BCUT2D eigenvalue weighted by Gasteiger charge is -2.40. The van der Waals surface area contributed by atoms with Gasteiger partial charge in [0.25, 0.3) is 0 Å². The molecule has 3 aromatic rings. The third-order valence-corrected chi connectivity index (χ3v) is 6.11. The first-order valence-corrected chi connectivity index (χ1v) is 10.8. The van der Waals surface area contributed by atoms with Gasteiger partial charge in [-0.2, -0.15) is 15.1 Å². The number of nitrogens with zero attached hydrogens (tertiary/aromatic N) is 5. The average molecular weight is 456 g/mol. The summed E-state index contributed by atoms with van der Waals surface area (Å²) in [6, 6.07) is 7.55. The molecule has 5 rings (SSSR count). The van der Waals surface area contributed by atoms with Crippen molar-refractivity contribution < 1.29 is 18.3 Å². The highest BCUT2D eigenvalue weighted by Gasteiger charge is 2.50. The highest BCUT2D eigenvalue weighted by Crippen LogP contribution is 2.45. The van der Waals surface area contributed by atoms with Gasteiger partial charge in [-0.1, -0.05) is 0 Å². The van der Waals surface area contributed by atoms with Crippen LogP contribution in [0.15, 0.2) is 36.7 Å². The number of halogens is 2. The van der Waals surface area contributed by atoms with Gasteiger partial charge in [0.1, 0.15) is 17.7 Å². The molecule has 33 heavy (non-hydrogen) atoms. The van der Waals surface area contributed by atoms with Crippen LogP contribution in [0.2, 0.25) is 0 Å². The standard InChI is InChI=1S/C23H26F2N6O2/c1-30-11-14-4-6-19(28-21(14)33-18(13-30)15-8-23(24,25)9-15)27-20-7-5-17(22(29-20)32-3)16-10-26-31(2)12-16/h4-7,10,12,15,18H,8-9,11,13H2,1-3H3,(H,27,28,29). The maximum atomic E-state index is 13.4. The number of anilines is 2. The number of aromatic nitrogens is 4. The Kier molecular flexibility index (Phi) is 5.40. The fraction of sp³-hybridized carbons (Fsp3) is 0.435. The molecular formula is C23H26F2N6O2. The molecule has 2 aliphatic rings. The van der Waals surface area contributed by atoms with Gasteiger partial charge in [-0.25, -0.2) is 8.78 Å². The van der Waals surface area contributed by atoms with Crippen molar-refractivity contribution in [2.24, 2.45) is 13.0 Å². The second-order valence-corrected chi connectivity index (χ2v) is 8.82. The normalized spacial score (nSPS) is 20.3. The van der Waals surface area contributed by atoms with E-state index in [4.69, 9.17) is 9.47 Å². The molecule has 4 heterocycles. The van der Waals surface area contributed by atoms with Crippen molar-refractivity contribution in [3.63, 3.8) is 0 Å². The van der Waals surface area contributed by atoms with Crippen LogP contribution in [-0.2, 0) is 13.6 Å². The molecule has 1 saturated carbocycles. The van der Waals surface area contributed by atoms with E-state index in [-0.39, 0.29) is 24.9 Å². The molecule has 10 heteroatoms. The highest BCUT2D eigenvalue weighted by atomic mass is 19.3. The van der Waals surface area contributed by atoms with Crippen molar-refractivity contribution in [3.8, 4) is 22.9 Å². The first-order chi connectivity index (χ1) is 15.8. The van der Waals surface area contributed by atoms with E-state index in [2.05, 4.69) is 25.3 Å². The van der Waals surface area contributed by atoms with Gasteiger partial charge in [0, 0.05) is 61.8 Å². The number of rotatable bonds is 5. The Labute approximate surface area is 190 Å². The monoisotopic (exact) mass is 456 g/mol. The molecule has 1 fully saturated rings. The fourth-order valence-corrected chi connectivity index (χ4v) is 4.40. The zero-order valence-corrected chi connectivity index (χ0v) is 18.8. The van der Waals surface area contributed by atoms with Crippen molar-refractivity contribution in [1.82, 2.24) is 24.6 Å². The van der Waals surface area contributed by atoms with E-state index >= 15 is 0 Å². The van der Waals surface area contributed by atoms with Crippen molar-refractivity contribution in [2.45, 2.75) is 31.4 Å². The Morgan fingerprint density at radius 1 is 1.12 bits per heavy atom. The van der Waals surface area contributed by atoms with Crippen molar-refractivity contribution in [2.75, 3.05) is 26.0 Å². The molecule has 1 unspecified atom stereocenters. The minimum absolute atomic E-state index is 0.133. The summed E-state index contributed by atoms with van der Waals surface area (Å²) in [5.41, 5.74) is 2.66. The van der Waals surface area contributed by atoms with Gasteiger partial charge in [0.2, 0.25) is 17.7 Å². The van der Waals surface area contributed by atoms with Crippen LogP contribution >= 0.6 is 0 Å². The van der Waals surface area contributed by atoms with Gasteiger partial charge in [0.05, 0.1) is 13.3 Å². The van der Waals surface area contributed by atoms with E-state index in [0.717, 1.165) is 16.7 Å². The Bertz CT molecular complexity index is 1160. The Morgan fingerprint density at radius 3 is 2.58 bits per heavy atom. The number of ether oxygens (including phenoxy) is 2. The predicted octanol–water partition coefficient (Wildman–Crippen LogP) is 3.87. The summed E-state index contributed by atoms with van der Waals surface area (Å²) in [4.78, 5) is 11.3. The Hall–Kier alpha value is -3.27. The van der Waals surface area contributed by atoms with Crippen LogP contribution in [0.3, 0.4) is 0 Å². The van der Waals surface area contributed by atoms with Crippen LogP contribution in [0.1, 0.15) is 18.4 Å². The zero-order valence-electron chi connectivity index (χ0n) is 18.8. The first kappa shape index (κ1) is 21.6. The molecule has 1 N–H and O–H groups in total. The van der Waals surface area contributed by atoms with Gasteiger partial charge in [0.15, 0.2) is 0 Å². The van der Waals surface area contributed by atoms with E-state index in [1.54, 1.807) is 18.0 Å². The number of likely N-dealkylation sites (N-methyl/N-ethyl adjacent to an activating group) is 1. The number of hydrogen-bond donors (Lipinski definition) is 1. The molecule has 0 amide bonds. The van der Waals surface area contributed by atoms with E-state index in [1.165, 1.54) is 0 Å². The lowest BCUT2D eigenvalue weighted by Crippen LogP contribution is -2.47. The summed E-state index contributed by atoms with van der Waals surface area (Å²) in [6.07, 6.45) is 3.07. The number of aryl methyl sites for hydroxylation is 1. The Morgan fingerprint density at radius 2 is 1.88 bits per heavy atom. The number of fused-ring (bicyclic) bond motifs is 1. The number of alkyl halides is 2. The van der Waals surface area contributed by atoms with Crippen molar-refractivity contribution in [3.05, 3.63) is 42.2 Å². The second-order valence-electron chi connectivity index (χ2n) is 8.82. The third-order valence-electron chi connectivity index (χ3n) is 6.11. The van der Waals surface area contributed by atoms with E-state index in [9.17, 15) is 8.78 Å². The lowest BCUT2D eigenvalue weighted by molar-refractivity contribution is -0.138. The molecule has 0 saturated heterocycles. The summed E-state index contributed by atoms with van der Waals surface area (Å²) in [5, 5.41) is 7.39. The van der Waals surface area contributed by atoms with Gasteiger partial charge < -0.3 is 14.8 Å². The van der Waals surface area contributed by atoms with Crippen LogP contribution in [0, 0.1) is 5.92 Å². The lowest BCUT2D eigenvalue weighted by atomic mass is 9.77. The molecule has 0 aromatic carbocycles. The highest BCUT2D eigenvalue weighted by molar-refractivity contribution is 5.70. The van der Waals surface area contributed by atoms with Crippen LogP contribution in [0.4, 0.5) is 20.4 Å². The minimum atomic E-state index is -2.58. The van der Waals surface area contributed by atoms with Crippen LogP contribution in [-0.4, -0.2) is 57.4 Å². The van der Waals surface area contributed by atoms with Crippen LogP contribution < -0.4 is 14.8 Å². The quantitative estimate of drug-likeness (QED) is 0.625. The van der Waals surface area contributed by atoms with Crippen LogP contribution in [0.25, 0.3) is 11.1 Å². The number of pyridine rings is 2. The first-order valence-electron chi connectivity index (χ1n) is 10.8. The summed E-state index contributed by atoms with van der Waals surface area (Å²) in [7, 11) is 5.39. The Balaban J connectivity index is 1.36. The molecule has 174 valence electrons. The molecule has 1 aliphatic heterocycles. The molecule has 0 spiro atoms. The van der Waals surface area contributed by atoms with E-state index in [0.29, 0.717) is 36.5 Å². The summed E-state index contributed by atoms with van der Waals surface area (Å²) in [6.45, 7) is 1.24. The summed E-state index contributed by atoms with van der Waals surface area (Å²) >= 11 is 0. The van der Waals surface area contributed by atoms with Gasteiger partial charge >= 0.3 is 0 Å². The maximum Gasteiger partial charge on any atom is 0.249 e. The molecule has 0 bridgehead atoms. The number of nitrogens with one attached hydrogen (secondary N) is 1. The van der Waals surface area contributed by atoms with Crippen LogP contribution in [0.5, 0.6) is 11.8 Å². The summed E-state index contributed by atoms with van der Waals surface area (Å²) < 4.78 is 40.2. The largest absolute Gasteiger partial charge is 0.480 e. The molecule has 3 aromatic heterocycles. The number of methoxy groups -OCH3 is 1. The van der Waals surface area contributed by atoms with Gasteiger partial charge in [-0.3, -0.25) is 9.58 Å². The van der Waals surface area contributed by atoms with Gasteiger partial charge in [-0.05, 0) is 31.3 Å². The molecule has 1 aliphatic carbocycles. The van der Waals surface area contributed by atoms with Crippen molar-refractivity contribution >= 4 is 11.6 Å². The fourth-order valence-electron chi connectivity index (χ4n) is 4.40. The third kappa shape index (κ3) is 4.47. The maximum absolute atomic E-state index is 13.4. The molecule has 1 atom stereocenters.